The average molecular weight is 382 g/mol. The molecule has 2 aliphatic heterocycles. The van der Waals surface area contributed by atoms with Crippen LogP contribution in [0.1, 0.15) is 30.5 Å². The van der Waals surface area contributed by atoms with Crippen LogP contribution in [-0.4, -0.2) is 34.3 Å². The molecule has 0 amide bonds. The maximum atomic E-state index is 11.3. The van der Waals surface area contributed by atoms with Gasteiger partial charge in [0.05, 0.1) is 4.92 Å². The lowest BCUT2D eigenvalue weighted by Gasteiger charge is -2.37. The Hall–Kier alpha value is -2.92. The third kappa shape index (κ3) is 3.64. The first kappa shape index (κ1) is 17.5. The van der Waals surface area contributed by atoms with E-state index in [0.717, 1.165) is 29.8 Å². The Morgan fingerprint density at radius 1 is 1.30 bits per heavy atom. The van der Waals surface area contributed by atoms with Crippen LogP contribution < -0.4 is 4.90 Å². The smallest absolute Gasteiger partial charge is 0.311 e. The van der Waals surface area contributed by atoms with Crippen molar-refractivity contribution in [3.63, 3.8) is 0 Å². The minimum Gasteiger partial charge on any atom is -0.388 e. The van der Waals surface area contributed by atoms with Crippen LogP contribution in [0.4, 0.5) is 11.5 Å². The summed E-state index contributed by atoms with van der Waals surface area (Å²) in [4.78, 5) is 23.1. The highest BCUT2D eigenvalue weighted by Crippen LogP contribution is 2.37. The Balaban J connectivity index is 1.43. The van der Waals surface area contributed by atoms with Crippen molar-refractivity contribution in [1.29, 1.82) is 0 Å². The minimum absolute atomic E-state index is 0.0439. The molecule has 0 unspecified atom stereocenters. The molecule has 0 N–H and O–H groups in total. The Morgan fingerprint density at radius 2 is 2.11 bits per heavy atom. The molecule has 138 valence electrons. The Morgan fingerprint density at radius 3 is 2.81 bits per heavy atom. The molecule has 1 fully saturated rings. The fraction of sp³-hybridized carbons (Fsp3) is 0.368. The third-order valence-electron chi connectivity index (χ3n) is 4.88. The van der Waals surface area contributed by atoms with Crippen molar-refractivity contribution in [1.82, 2.24) is 4.98 Å². The molecule has 1 saturated heterocycles. The zero-order valence-corrected chi connectivity index (χ0v) is 15.7. The van der Waals surface area contributed by atoms with Crippen LogP contribution >= 0.6 is 11.3 Å². The van der Waals surface area contributed by atoms with E-state index in [1.165, 1.54) is 6.07 Å². The van der Waals surface area contributed by atoms with Crippen LogP contribution in [0.25, 0.3) is 0 Å². The SMILES string of the molecule is Cc1ccc([N+](=O)[O-])c(N2CCC3(CC2)CC(C#Cc2ccsc2)=NO3)n1. The minimum atomic E-state index is -0.376. The van der Waals surface area contributed by atoms with Gasteiger partial charge < -0.3 is 9.74 Å². The first-order valence-corrected chi connectivity index (χ1v) is 9.65. The molecule has 0 saturated carbocycles. The van der Waals surface area contributed by atoms with Gasteiger partial charge in [0.25, 0.3) is 0 Å². The second kappa shape index (κ2) is 7.00. The van der Waals surface area contributed by atoms with E-state index < -0.39 is 0 Å². The van der Waals surface area contributed by atoms with Gasteiger partial charge in [0.1, 0.15) is 11.3 Å². The predicted molar refractivity (Wildman–Crippen MR) is 104 cm³/mol. The van der Waals surface area contributed by atoms with Gasteiger partial charge in [0.2, 0.25) is 5.82 Å². The summed E-state index contributed by atoms with van der Waals surface area (Å²) in [6.45, 7) is 3.11. The van der Waals surface area contributed by atoms with Gasteiger partial charge in [-0.25, -0.2) is 4.98 Å². The van der Waals surface area contributed by atoms with Crippen molar-refractivity contribution in [2.45, 2.75) is 31.8 Å². The lowest BCUT2D eigenvalue weighted by molar-refractivity contribution is -0.384. The van der Waals surface area contributed by atoms with Gasteiger partial charge >= 0.3 is 5.69 Å². The summed E-state index contributed by atoms with van der Waals surface area (Å²) < 4.78 is 0. The number of rotatable bonds is 2. The van der Waals surface area contributed by atoms with Gasteiger partial charge in [-0.1, -0.05) is 11.1 Å². The van der Waals surface area contributed by atoms with Gasteiger partial charge in [-0.05, 0) is 30.4 Å². The Bertz CT molecular complexity index is 951. The van der Waals surface area contributed by atoms with Gasteiger partial charge in [0.15, 0.2) is 0 Å². The molecule has 2 aromatic rings. The highest BCUT2D eigenvalue weighted by atomic mass is 32.1. The van der Waals surface area contributed by atoms with E-state index in [9.17, 15) is 10.1 Å². The molecule has 7 nitrogen and oxygen atoms in total. The normalized spacial score (nSPS) is 17.8. The van der Waals surface area contributed by atoms with Crippen molar-refractivity contribution in [3.8, 4) is 11.8 Å². The first-order valence-electron chi connectivity index (χ1n) is 8.71. The number of aromatic nitrogens is 1. The van der Waals surface area contributed by atoms with Crippen molar-refractivity contribution >= 4 is 28.6 Å². The summed E-state index contributed by atoms with van der Waals surface area (Å²) in [7, 11) is 0. The Labute approximate surface area is 160 Å². The van der Waals surface area contributed by atoms with Crippen molar-refractivity contribution in [2.75, 3.05) is 18.0 Å². The fourth-order valence-electron chi connectivity index (χ4n) is 3.37. The lowest BCUT2D eigenvalue weighted by atomic mass is 9.87. The fourth-order valence-corrected chi connectivity index (χ4v) is 3.96. The average Bonchev–Trinajstić information content (AvgIpc) is 3.31. The summed E-state index contributed by atoms with van der Waals surface area (Å²) in [5, 5.41) is 19.5. The molecule has 8 heteroatoms. The molecule has 0 bridgehead atoms. The van der Waals surface area contributed by atoms with E-state index in [-0.39, 0.29) is 16.2 Å². The van der Waals surface area contributed by atoms with Crippen molar-refractivity contribution in [2.24, 2.45) is 5.16 Å². The van der Waals surface area contributed by atoms with Crippen LogP contribution in [0.15, 0.2) is 34.1 Å². The molecule has 4 rings (SSSR count). The number of nitrogens with zero attached hydrogens (tertiary/aromatic N) is 4. The molecule has 0 atom stereocenters. The highest BCUT2D eigenvalue weighted by molar-refractivity contribution is 7.08. The molecule has 2 aromatic heterocycles. The second-order valence-corrected chi connectivity index (χ2v) is 7.57. The molecule has 0 radical (unpaired) electrons. The first-order chi connectivity index (χ1) is 13.0. The molecular weight excluding hydrogens is 364 g/mol. The van der Waals surface area contributed by atoms with Crippen LogP contribution in [0.5, 0.6) is 0 Å². The topological polar surface area (TPSA) is 80.9 Å². The molecule has 27 heavy (non-hydrogen) atoms. The molecular formula is C19H18N4O3S. The van der Waals surface area contributed by atoms with E-state index in [1.54, 1.807) is 17.4 Å². The predicted octanol–water partition coefficient (Wildman–Crippen LogP) is 3.53. The highest BCUT2D eigenvalue weighted by Gasteiger charge is 2.42. The molecule has 4 heterocycles. The van der Waals surface area contributed by atoms with Gasteiger partial charge in [-0.15, -0.1) is 0 Å². The Kier molecular flexibility index (Phi) is 4.54. The monoisotopic (exact) mass is 382 g/mol. The summed E-state index contributed by atoms with van der Waals surface area (Å²) in [5.74, 6) is 6.64. The second-order valence-electron chi connectivity index (χ2n) is 6.79. The number of hydrogen-bond acceptors (Lipinski definition) is 7. The van der Waals surface area contributed by atoms with E-state index in [0.29, 0.717) is 25.3 Å². The van der Waals surface area contributed by atoms with E-state index >= 15 is 0 Å². The lowest BCUT2D eigenvalue weighted by Crippen LogP contribution is -2.45. The molecule has 0 aromatic carbocycles. The van der Waals surface area contributed by atoms with Crippen LogP contribution in [0, 0.1) is 28.9 Å². The number of thiophene rings is 1. The molecule has 1 spiro atoms. The van der Waals surface area contributed by atoms with Crippen LogP contribution in [0.3, 0.4) is 0 Å². The van der Waals surface area contributed by atoms with Gasteiger partial charge in [-0.2, -0.15) is 11.3 Å². The number of aryl methyl sites for hydroxylation is 1. The summed E-state index contributed by atoms with van der Waals surface area (Å²) in [5.41, 5.74) is 2.20. The standard InChI is InChI=1S/C19H18N4O3S/c1-14-2-5-17(23(24)25)18(20-14)22-9-7-19(8-10-22)12-16(21-26-19)4-3-15-6-11-27-13-15/h2,5-6,11,13H,7-10,12H2,1H3. The zero-order valence-electron chi connectivity index (χ0n) is 14.8. The largest absolute Gasteiger partial charge is 0.388 e. The number of pyridine rings is 1. The summed E-state index contributed by atoms with van der Waals surface area (Å²) in [6.07, 6.45) is 2.14. The number of piperidine rings is 1. The maximum absolute atomic E-state index is 11.3. The number of anilines is 1. The van der Waals surface area contributed by atoms with Gasteiger partial charge in [0, 0.05) is 55.1 Å². The number of hydrogen-bond donors (Lipinski definition) is 0. The number of nitro groups is 1. The zero-order chi connectivity index (χ0) is 18.9. The van der Waals surface area contributed by atoms with E-state index in [4.69, 9.17) is 4.84 Å². The van der Waals surface area contributed by atoms with E-state index in [2.05, 4.69) is 22.0 Å². The van der Waals surface area contributed by atoms with Crippen LogP contribution in [0.2, 0.25) is 0 Å². The summed E-state index contributed by atoms with van der Waals surface area (Å²) >= 11 is 1.61. The molecule has 0 aliphatic carbocycles. The number of oxime groups is 1. The third-order valence-corrected chi connectivity index (χ3v) is 5.56. The van der Waals surface area contributed by atoms with Crippen molar-refractivity contribution < 1.29 is 9.76 Å². The summed E-state index contributed by atoms with van der Waals surface area (Å²) in [6, 6.07) is 5.17. The van der Waals surface area contributed by atoms with Crippen molar-refractivity contribution in [3.05, 3.63) is 50.3 Å². The quantitative estimate of drug-likeness (QED) is 0.451. The van der Waals surface area contributed by atoms with E-state index in [1.807, 2.05) is 28.7 Å². The maximum Gasteiger partial charge on any atom is 0.311 e. The molecule has 2 aliphatic rings. The van der Waals surface area contributed by atoms with Gasteiger partial charge in [-0.3, -0.25) is 10.1 Å². The van der Waals surface area contributed by atoms with Crippen LogP contribution in [-0.2, 0) is 4.84 Å².